The zero-order chi connectivity index (χ0) is 14.7. The number of rotatable bonds is 5. The molecule has 1 heterocycles. The molecule has 20 heavy (non-hydrogen) atoms. The smallest absolute Gasteiger partial charge is 0.172 e. The normalized spacial score (nSPS) is 11.1. The maximum atomic E-state index is 11.2. The highest BCUT2D eigenvalue weighted by molar-refractivity contribution is 5.74. The van der Waals surface area contributed by atoms with E-state index in [2.05, 4.69) is 50.1 Å². The summed E-state index contributed by atoms with van der Waals surface area (Å²) in [7, 11) is 0. The van der Waals surface area contributed by atoms with Crippen LogP contribution in [0.25, 0.3) is 5.69 Å². The Hall–Kier alpha value is -1.97. The van der Waals surface area contributed by atoms with Crippen LogP contribution in [0.5, 0.6) is 0 Å². The predicted molar refractivity (Wildman–Crippen MR) is 79.5 cm³/mol. The van der Waals surface area contributed by atoms with Crippen LogP contribution in [0, 0.1) is 13.8 Å². The second kappa shape index (κ2) is 5.99. The molecule has 0 amide bonds. The van der Waals surface area contributed by atoms with Gasteiger partial charge in [-0.15, -0.1) is 5.10 Å². The number of carbonyl (C=O) groups excluding carboxylic acids is 1. The summed E-state index contributed by atoms with van der Waals surface area (Å²) in [6.07, 6.45) is 2.74. The molecule has 0 bridgehead atoms. The van der Waals surface area contributed by atoms with Crippen LogP contribution in [0.3, 0.4) is 0 Å². The molecule has 0 aliphatic carbocycles. The monoisotopic (exact) mass is 271 g/mol. The average molecular weight is 271 g/mol. The lowest BCUT2D eigenvalue weighted by Gasteiger charge is -2.16. The minimum Gasteiger partial charge on any atom is -0.296 e. The van der Waals surface area contributed by atoms with Gasteiger partial charge in [-0.2, -0.15) is 0 Å². The Kier molecular flexibility index (Phi) is 4.32. The van der Waals surface area contributed by atoms with Crippen LogP contribution >= 0.6 is 0 Å². The summed E-state index contributed by atoms with van der Waals surface area (Å²) >= 11 is 0. The van der Waals surface area contributed by atoms with E-state index in [4.69, 9.17) is 0 Å². The third-order valence-corrected chi connectivity index (χ3v) is 3.80. The van der Waals surface area contributed by atoms with Crippen molar-refractivity contribution in [3.8, 4) is 5.69 Å². The van der Waals surface area contributed by atoms with E-state index in [1.54, 1.807) is 0 Å². The van der Waals surface area contributed by atoms with Gasteiger partial charge in [-0.25, -0.2) is 4.68 Å². The number of aryl methyl sites for hydroxylation is 2. The van der Waals surface area contributed by atoms with Crippen molar-refractivity contribution < 1.29 is 4.79 Å². The number of hydrogen-bond acceptors (Lipinski definition) is 3. The van der Waals surface area contributed by atoms with Crippen LogP contribution in [-0.4, -0.2) is 21.3 Å². The molecular weight excluding hydrogens is 250 g/mol. The predicted octanol–water partition coefficient (Wildman–Crippen LogP) is 3.60. The summed E-state index contributed by atoms with van der Waals surface area (Å²) in [5, 5.41) is 8.24. The number of aldehydes is 1. The van der Waals surface area contributed by atoms with E-state index >= 15 is 0 Å². The van der Waals surface area contributed by atoms with E-state index in [0.717, 1.165) is 36.1 Å². The first-order chi connectivity index (χ1) is 9.62. The fourth-order valence-corrected chi connectivity index (χ4v) is 2.66. The first-order valence-electron chi connectivity index (χ1n) is 7.10. The summed E-state index contributed by atoms with van der Waals surface area (Å²) in [4.78, 5) is 11.2. The van der Waals surface area contributed by atoms with Gasteiger partial charge in [-0.1, -0.05) is 36.8 Å². The van der Waals surface area contributed by atoms with Crippen molar-refractivity contribution in [2.45, 2.75) is 46.5 Å². The van der Waals surface area contributed by atoms with E-state index in [-0.39, 0.29) is 0 Å². The van der Waals surface area contributed by atoms with Crippen molar-refractivity contribution >= 4 is 6.29 Å². The first kappa shape index (κ1) is 14.4. The minimum absolute atomic E-state index is 0.297. The molecule has 0 aliphatic heterocycles. The fourth-order valence-electron chi connectivity index (χ4n) is 2.66. The van der Waals surface area contributed by atoms with Gasteiger partial charge in [0.25, 0.3) is 0 Å². The second-order valence-corrected chi connectivity index (χ2v) is 5.19. The quantitative estimate of drug-likeness (QED) is 0.781. The lowest BCUT2D eigenvalue weighted by molar-refractivity contribution is 0.111. The lowest BCUT2D eigenvalue weighted by atomic mass is 9.97. The molecule has 0 saturated carbocycles. The van der Waals surface area contributed by atoms with Crippen LogP contribution in [0.2, 0.25) is 0 Å². The van der Waals surface area contributed by atoms with Crippen molar-refractivity contribution in [1.82, 2.24) is 15.0 Å². The van der Waals surface area contributed by atoms with Crippen molar-refractivity contribution in [3.05, 3.63) is 40.7 Å². The van der Waals surface area contributed by atoms with Crippen LogP contribution in [0.15, 0.2) is 18.2 Å². The van der Waals surface area contributed by atoms with Gasteiger partial charge in [-0.05, 0) is 38.3 Å². The van der Waals surface area contributed by atoms with Gasteiger partial charge in [-0.3, -0.25) is 4.79 Å². The number of aromatic nitrogens is 3. The van der Waals surface area contributed by atoms with Crippen LogP contribution in [0.4, 0.5) is 0 Å². The Balaban J connectivity index is 2.62. The third kappa shape index (κ3) is 2.50. The molecule has 0 spiro atoms. The summed E-state index contributed by atoms with van der Waals surface area (Å²) in [6.45, 7) is 8.38. The summed E-state index contributed by atoms with van der Waals surface area (Å²) in [5.74, 6) is 0.297. The number of hydrogen-bond donors (Lipinski definition) is 0. The van der Waals surface area contributed by atoms with E-state index in [1.807, 2.05) is 10.7 Å². The first-order valence-corrected chi connectivity index (χ1v) is 7.10. The zero-order valence-electron chi connectivity index (χ0n) is 12.6. The zero-order valence-corrected chi connectivity index (χ0v) is 12.6. The Labute approximate surface area is 119 Å². The molecule has 0 radical (unpaired) electrons. The second-order valence-electron chi connectivity index (χ2n) is 5.19. The van der Waals surface area contributed by atoms with E-state index < -0.39 is 0 Å². The van der Waals surface area contributed by atoms with Gasteiger partial charge >= 0.3 is 0 Å². The molecule has 2 aromatic rings. The van der Waals surface area contributed by atoms with Crippen LogP contribution in [-0.2, 0) is 0 Å². The van der Waals surface area contributed by atoms with Crippen molar-refractivity contribution in [2.75, 3.05) is 0 Å². The Morgan fingerprint density at radius 3 is 2.50 bits per heavy atom. The highest BCUT2D eigenvalue weighted by Crippen LogP contribution is 2.28. The summed E-state index contributed by atoms with van der Waals surface area (Å²) in [5.41, 5.74) is 4.74. The molecule has 4 nitrogen and oxygen atoms in total. The van der Waals surface area contributed by atoms with E-state index in [1.165, 1.54) is 5.56 Å². The molecule has 0 atom stereocenters. The standard InChI is InChI=1S/C16H21N3O/c1-5-13(6-2)16-14(10-20)17-18-19(16)15-8-7-11(3)9-12(15)4/h7-10,13H,5-6H2,1-4H3. The van der Waals surface area contributed by atoms with Crippen LogP contribution < -0.4 is 0 Å². The number of nitrogens with zero attached hydrogens (tertiary/aromatic N) is 3. The summed E-state index contributed by atoms with van der Waals surface area (Å²) < 4.78 is 1.83. The van der Waals surface area contributed by atoms with Crippen LogP contribution in [0.1, 0.15) is 59.9 Å². The van der Waals surface area contributed by atoms with Gasteiger partial charge in [0, 0.05) is 5.92 Å². The Morgan fingerprint density at radius 1 is 1.25 bits per heavy atom. The molecular formula is C16H21N3O. The molecule has 0 saturated heterocycles. The molecule has 1 aromatic heterocycles. The average Bonchev–Trinajstić information content (AvgIpc) is 2.84. The molecule has 1 aromatic carbocycles. The maximum Gasteiger partial charge on any atom is 0.172 e. The SMILES string of the molecule is CCC(CC)c1c(C=O)nnn1-c1ccc(C)cc1C. The Bertz CT molecular complexity index is 612. The topological polar surface area (TPSA) is 47.8 Å². The van der Waals surface area contributed by atoms with Crippen molar-refractivity contribution in [3.63, 3.8) is 0 Å². The molecule has 4 heteroatoms. The Morgan fingerprint density at radius 2 is 1.95 bits per heavy atom. The minimum atomic E-state index is 0.297. The highest BCUT2D eigenvalue weighted by atomic mass is 16.1. The van der Waals surface area contributed by atoms with Gasteiger partial charge in [0.1, 0.15) is 5.69 Å². The van der Waals surface area contributed by atoms with Crippen molar-refractivity contribution in [1.29, 1.82) is 0 Å². The maximum absolute atomic E-state index is 11.2. The largest absolute Gasteiger partial charge is 0.296 e. The fraction of sp³-hybridized carbons (Fsp3) is 0.438. The van der Waals surface area contributed by atoms with Gasteiger partial charge in [0.2, 0.25) is 0 Å². The van der Waals surface area contributed by atoms with Gasteiger partial charge in [0.05, 0.1) is 11.4 Å². The number of benzene rings is 1. The van der Waals surface area contributed by atoms with E-state index in [9.17, 15) is 4.79 Å². The number of carbonyl (C=O) groups is 1. The van der Waals surface area contributed by atoms with E-state index in [0.29, 0.717) is 11.6 Å². The molecule has 0 unspecified atom stereocenters. The molecule has 2 rings (SSSR count). The summed E-state index contributed by atoms with van der Waals surface area (Å²) in [6, 6.07) is 6.22. The van der Waals surface area contributed by atoms with Gasteiger partial charge in [0.15, 0.2) is 6.29 Å². The molecule has 106 valence electrons. The van der Waals surface area contributed by atoms with Gasteiger partial charge < -0.3 is 0 Å². The van der Waals surface area contributed by atoms with Crippen molar-refractivity contribution in [2.24, 2.45) is 0 Å². The molecule has 0 N–H and O–H groups in total. The molecule has 0 aliphatic rings. The highest BCUT2D eigenvalue weighted by Gasteiger charge is 2.21. The molecule has 0 fully saturated rings. The third-order valence-electron chi connectivity index (χ3n) is 3.80. The lowest BCUT2D eigenvalue weighted by Crippen LogP contribution is -2.10.